The zero-order valence-corrected chi connectivity index (χ0v) is 9.57. The fraction of sp³-hybridized carbons (Fsp3) is 0.800. The standard InChI is InChI=1S/C10H19N3O3/c1-2-13(10(12)14)8(11)7-16-9-5-3-4-6-15-9/h9,11H,2-7H2,1H3,(H2,12,14). The summed E-state index contributed by atoms with van der Waals surface area (Å²) in [6.07, 6.45) is 2.72. The zero-order valence-electron chi connectivity index (χ0n) is 9.57. The topological polar surface area (TPSA) is 88.6 Å². The third-order valence-corrected chi connectivity index (χ3v) is 2.45. The van der Waals surface area contributed by atoms with Crippen molar-refractivity contribution in [3.05, 3.63) is 0 Å². The van der Waals surface area contributed by atoms with Gasteiger partial charge in [0.25, 0.3) is 0 Å². The van der Waals surface area contributed by atoms with Crippen LogP contribution in [0.25, 0.3) is 0 Å². The average molecular weight is 229 g/mol. The van der Waals surface area contributed by atoms with Crippen LogP contribution in [-0.2, 0) is 9.47 Å². The Morgan fingerprint density at radius 1 is 1.62 bits per heavy atom. The molecular formula is C10H19N3O3. The molecule has 0 radical (unpaired) electrons. The Morgan fingerprint density at radius 2 is 2.38 bits per heavy atom. The molecule has 16 heavy (non-hydrogen) atoms. The van der Waals surface area contributed by atoms with Crippen LogP contribution in [0.15, 0.2) is 0 Å². The fourth-order valence-electron chi connectivity index (χ4n) is 1.57. The molecule has 1 unspecified atom stereocenters. The lowest BCUT2D eigenvalue weighted by Gasteiger charge is -2.25. The Labute approximate surface area is 95.2 Å². The lowest BCUT2D eigenvalue weighted by Crippen LogP contribution is -2.42. The number of hydrogen-bond donors (Lipinski definition) is 2. The van der Waals surface area contributed by atoms with E-state index < -0.39 is 6.03 Å². The molecule has 2 amide bonds. The number of nitrogens with two attached hydrogens (primary N) is 1. The first kappa shape index (κ1) is 12.9. The molecule has 0 aliphatic carbocycles. The molecule has 1 rings (SSSR count). The van der Waals surface area contributed by atoms with Crippen molar-refractivity contribution >= 4 is 11.9 Å². The maximum absolute atomic E-state index is 10.9. The molecule has 1 atom stereocenters. The lowest BCUT2D eigenvalue weighted by atomic mass is 10.2. The summed E-state index contributed by atoms with van der Waals surface area (Å²) >= 11 is 0. The molecule has 0 spiro atoms. The highest BCUT2D eigenvalue weighted by Gasteiger charge is 2.18. The lowest BCUT2D eigenvalue weighted by molar-refractivity contribution is -0.153. The second-order valence-electron chi connectivity index (χ2n) is 3.64. The minimum Gasteiger partial charge on any atom is -0.353 e. The van der Waals surface area contributed by atoms with Crippen LogP contribution in [0.3, 0.4) is 0 Å². The predicted molar refractivity (Wildman–Crippen MR) is 59.2 cm³/mol. The first-order chi connectivity index (χ1) is 7.65. The van der Waals surface area contributed by atoms with E-state index in [4.69, 9.17) is 20.6 Å². The number of hydrogen-bond acceptors (Lipinski definition) is 4. The molecule has 0 bridgehead atoms. The number of carbonyl (C=O) groups excluding carboxylic acids is 1. The van der Waals surface area contributed by atoms with Gasteiger partial charge in [0.15, 0.2) is 6.29 Å². The summed E-state index contributed by atoms with van der Waals surface area (Å²) in [5, 5.41) is 7.64. The molecular weight excluding hydrogens is 210 g/mol. The smallest absolute Gasteiger partial charge is 0.320 e. The van der Waals surface area contributed by atoms with Gasteiger partial charge in [0.1, 0.15) is 12.4 Å². The van der Waals surface area contributed by atoms with Gasteiger partial charge in [-0.15, -0.1) is 0 Å². The summed E-state index contributed by atoms with van der Waals surface area (Å²) < 4.78 is 10.7. The molecule has 1 fully saturated rings. The van der Waals surface area contributed by atoms with Crippen molar-refractivity contribution in [1.29, 1.82) is 5.41 Å². The van der Waals surface area contributed by atoms with Crippen molar-refractivity contribution in [1.82, 2.24) is 4.90 Å². The number of ether oxygens (including phenoxy) is 2. The molecule has 0 aromatic carbocycles. The summed E-state index contributed by atoms with van der Waals surface area (Å²) in [5.74, 6) is 0.0733. The highest BCUT2D eigenvalue weighted by molar-refractivity contribution is 5.95. The molecule has 1 heterocycles. The quantitative estimate of drug-likeness (QED) is 0.554. The minimum absolute atomic E-state index is 0.0570. The maximum atomic E-state index is 10.9. The van der Waals surface area contributed by atoms with E-state index in [0.29, 0.717) is 13.2 Å². The Hall–Kier alpha value is -1.14. The monoisotopic (exact) mass is 229 g/mol. The summed E-state index contributed by atoms with van der Waals surface area (Å²) in [7, 11) is 0. The van der Waals surface area contributed by atoms with Gasteiger partial charge in [-0.1, -0.05) is 0 Å². The summed E-state index contributed by atoms with van der Waals surface area (Å²) in [6.45, 7) is 2.90. The Morgan fingerprint density at radius 3 is 2.88 bits per heavy atom. The van der Waals surface area contributed by atoms with Gasteiger partial charge < -0.3 is 15.2 Å². The van der Waals surface area contributed by atoms with Crippen LogP contribution in [0.5, 0.6) is 0 Å². The molecule has 6 heteroatoms. The number of carbonyl (C=O) groups is 1. The van der Waals surface area contributed by atoms with E-state index in [0.717, 1.165) is 19.3 Å². The first-order valence-corrected chi connectivity index (χ1v) is 5.52. The van der Waals surface area contributed by atoms with Gasteiger partial charge in [-0.2, -0.15) is 0 Å². The minimum atomic E-state index is -0.624. The van der Waals surface area contributed by atoms with Crippen molar-refractivity contribution in [2.24, 2.45) is 5.73 Å². The van der Waals surface area contributed by atoms with Crippen LogP contribution in [0, 0.1) is 5.41 Å². The third-order valence-electron chi connectivity index (χ3n) is 2.45. The second-order valence-corrected chi connectivity index (χ2v) is 3.64. The number of nitrogens with one attached hydrogen (secondary N) is 1. The number of likely N-dealkylation sites (N-methyl/N-ethyl adjacent to an activating group) is 1. The molecule has 0 saturated carbocycles. The van der Waals surface area contributed by atoms with Gasteiger partial charge in [-0.25, -0.2) is 4.79 Å². The molecule has 0 aromatic rings. The van der Waals surface area contributed by atoms with Crippen LogP contribution < -0.4 is 5.73 Å². The highest BCUT2D eigenvalue weighted by atomic mass is 16.7. The molecule has 1 aliphatic rings. The number of amidine groups is 1. The van der Waals surface area contributed by atoms with Gasteiger partial charge in [0, 0.05) is 13.2 Å². The van der Waals surface area contributed by atoms with Crippen LogP contribution in [-0.4, -0.2) is 42.8 Å². The van der Waals surface area contributed by atoms with E-state index in [2.05, 4.69) is 0 Å². The number of amides is 2. The predicted octanol–water partition coefficient (Wildman–Crippen LogP) is 0.907. The maximum Gasteiger partial charge on any atom is 0.320 e. The fourth-order valence-corrected chi connectivity index (χ4v) is 1.57. The Balaban J connectivity index is 2.30. The third kappa shape index (κ3) is 3.79. The van der Waals surface area contributed by atoms with Gasteiger partial charge in [0.2, 0.25) is 0 Å². The largest absolute Gasteiger partial charge is 0.353 e. The van der Waals surface area contributed by atoms with Gasteiger partial charge in [0.05, 0.1) is 0 Å². The van der Waals surface area contributed by atoms with E-state index in [-0.39, 0.29) is 18.7 Å². The van der Waals surface area contributed by atoms with Crippen LogP contribution in [0.4, 0.5) is 4.79 Å². The molecule has 0 aromatic heterocycles. The summed E-state index contributed by atoms with van der Waals surface area (Å²) in [4.78, 5) is 12.1. The zero-order chi connectivity index (χ0) is 12.0. The van der Waals surface area contributed by atoms with Crippen LogP contribution in [0.1, 0.15) is 26.2 Å². The molecule has 3 N–H and O–H groups in total. The van der Waals surface area contributed by atoms with Gasteiger partial charge >= 0.3 is 6.03 Å². The van der Waals surface area contributed by atoms with Crippen molar-refractivity contribution in [3.63, 3.8) is 0 Å². The molecule has 1 aliphatic heterocycles. The van der Waals surface area contributed by atoms with Crippen molar-refractivity contribution < 1.29 is 14.3 Å². The van der Waals surface area contributed by atoms with E-state index in [1.807, 2.05) is 0 Å². The van der Waals surface area contributed by atoms with E-state index >= 15 is 0 Å². The van der Waals surface area contributed by atoms with Gasteiger partial charge in [-0.05, 0) is 26.2 Å². The van der Waals surface area contributed by atoms with E-state index in [1.54, 1.807) is 6.92 Å². The molecule has 92 valence electrons. The summed E-state index contributed by atoms with van der Waals surface area (Å²) in [6, 6.07) is -0.624. The van der Waals surface area contributed by atoms with E-state index in [9.17, 15) is 4.79 Å². The SMILES string of the molecule is CCN(C(=N)COC1CCCCO1)C(N)=O. The molecule has 6 nitrogen and oxygen atoms in total. The number of nitrogens with zero attached hydrogens (tertiary/aromatic N) is 1. The average Bonchev–Trinajstić information content (AvgIpc) is 2.28. The van der Waals surface area contributed by atoms with Crippen molar-refractivity contribution in [3.8, 4) is 0 Å². The number of urea groups is 1. The van der Waals surface area contributed by atoms with Gasteiger partial charge in [-0.3, -0.25) is 10.3 Å². The van der Waals surface area contributed by atoms with Crippen LogP contribution >= 0.6 is 0 Å². The number of primary amides is 1. The Bertz CT molecular complexity index is 252. The van der Waals surface area contributed by atoms with Crippen molar-refractivity contribution in [2.45, 2.75) is 32.5 Å². The first-order valence-electron chi connectivity index (χ1n) is 5.52. The Kier molecular flexibility index (Phi) is 5.21. The normalized spacial score (nSPS) is 20.4. The second kappa shape index (κ2) is 6.44. The highest BCUT2D eigenvalue weighted by Crippen LogP contribution is 2.13. The van der Waals surface area contributed by atoms with E-state index in [1.165, 1.54) is 4.90 Å². The number of rotatable bonds is 4. The molecule has 1 saturated heterocycles. The van der Waals surface area contributed by atoms with Crippen molar-refractivity contribution in [2.75, 3.05) is 19.8 Å². The summed E-state index contributed by atoms with van der Waals surface area (Å²) in [5.41, 5.74) is 5.12. The van der Waals surface area contributed by atoms with Crippen LogP contribution in [0.2, 0.25) is 0 Å².